The summed E-state index contributed by atoms with van der Waals surface area (Å²) in [6.45, 7) is 4.48. The molecular weight excluding hydrogens is 346 g/mol. The number of hydrogen-bond donors (Lipinski definition) is 1. The third-order valence-electron chi connectivity index (χ3n) is 5.05. The second-order valence-electron chi connectivity index (χ2n) is 6.90. The number of rotatable bonds is 5. The average molecular weight is 372 g/mol. The number of nitrogens with one attached hydrogen (secondary N) is 1. The Kier molecular flexibility index (Phi) is 6.64. The smallest absolute Gasteiger partial charge is 0.230 e. The maximum absolute atomic E-state index is 13.4. The van der Waals surface area contributed by atoms with Gasteiger partial charge in [-0.15, -0.1) is 0 Å². The van der Waals surface area contributed by atoms with Gasteiger partial charge in [0.1, 0.15) is 0 Å². The second kappa shape index (κ2) is 9.15. The van der Waals surface area contributed by atoms with E-state index in [0.29, 0.717) is 11.6 Å². The normalized spacial score (nSPS) is 18.8. The van der Waals surface area contributed by atoms with Crippen molar-refractivity contribution in [2.45, 2.75) is 44.7 Å². The first kappa shape index (κ1) is 18.9. The minimum atomic E-state index is -0.228. The molecule has 0 saturated carbocycles. The van der Waals surface area contributed by atoms with Gasteiger partial charge in [0.15, 0.2) is 0 Å². The van der Waals surface area contributed by atoms with E-state index in [-0.39, 0.29) is 17.9 Å². The lowest BCUT2D eigenvalue weighted by molar-refractivity contribution is -0.135. The van der Waals surface area contributed by atoms with Gasteiger partial charge in [-0.3, -0.25) is 9.78 Å². The van der Waals surface area contributed by atoms with Crippen molar-refractivity contribution in [2.75, 3.05) is 13.1 Å². The number of halogens is 1. The summed E-state index contributed by atoms with van der Waals surface area (Å²) in [7, 11) is 0. The summed E-state index contributed by atoms with van der Waals surface area (Å²) >= 11 is 6.13. The first-order chi connectivity index (χ1) is 12.6. The molecule has 2 unspecified atom stereocenters. The molecule has 0 bridgehead atoms. The van der Waals surface area contributed by atoms with Crippen LogP contribution in [0.25, 0.3) is 0 Å². The molecule has 1 N–H and O–H groups in total. The van der Waals surface area contributed by atoms with Crippen LogP contribution >= 0.6 is 11.6 Å². The van der Waals surface area contributed by atoms with Gasteiger partial charge in [0, 0.05) is 17.3 Å². The molecule has 1 aromatic carbocycles. The Morgan fingerprint density at radius 1 is 1.27 bits per heavy atom. The van der Waals surface area contributed by atoms with Crippen LogP contribution in [0, 0.1) is 0 Å². The van der Waals surface area contributed by atoms with E-state index in [9.17, 15) is 4.79 Å². The van der Waals surface area contributed by atoms with Crippen LogP contribution in [0.5, 0.6) is 0 Å². The highest BCUT2D eigenvalue weighted by Crippen LogP contribution is 2.25. The molecule has 5 heteroatoms. The predicted octanol–water partition coefficient (Wildman–Crippen LogP) is 4.01. The van der Waals surface area contributed by atoms with Gasteiger partial charge < -0.3 is 10.2 Å². The average Bonchev–Trinajstić information content (AvgIpc) is 2.95. The van der Waals surface area contributed by atoms with Crippen LogP contribution in [0.2, 0.25) is 5.02 Å². The van der Waals surface area contributed by atoms with E-state index in [1.807, 2.05) is 54.3 Å². The Hall–Kier alpha value is -1.91. The molecule has 1 aliphatic heterocycles. The number of carbonyl (C=O) groups excluding carboxylic acids is 1. The minimum Gasteiger partial charge on any atom is -0.333 e. The molecule has 1 fully saturated rings. The van der Waals surface area contributed by atoms with Crippen molar-refractivity contribution in [3.05, 3.63) is 64.9 Å². The number of benzene rings is 1. The van der Waals surface area contributed by atoms with Crippen molar-refractivity contribution in [1.29, 1.82) is 0 Å². The first-order valence-electron chi connectivity index (χ1n) is 9.31. The Bertz CT molecular complexity index is 714. The van der Waals surface area contributed by atoms with E-state index >= 15 is 0 Å². The molecule has 4 nitrogen and oxygen atoms in total. The number of nitrogens with zero attached hydrogens (tertiary/aromatic N) is 2. The monoisotopic (exact) mass is 371 g/mol. The van der Waals surface area contributed by atoms with E-state index in [4.69, 9.17) is 11.6 Å². The summed E-state index contributed by atoms with van der Waals surface area (Å²) in [5.41, 5.74) is 1.89. The quantitative estimate of drug-likeness (QED) is 0.863. The van der Waals surface area contributed by atoms with Crippen LogP contribution in [-0.4, -0.2) is 34.9 Å². The topological polar surface area (TPSA) is 45.2 Å². The third kappa shape index (κ3) is 4.83. The van der Waals surface area contributed by atoms with Gasteiger partial charge in [0.2, 0.25) is 5.91 Å². The summed E-state index contributed by atoms with van der Waals surface area (Å²) in [4.78, 5) is 19.9. The van der Waals surface area contributed by atoms with Gasteiger partial charge in [0.05, 0.1) is 18.2 Å². The van der Waals surface area contributed by atoms with E-state index in [1.165, 1.54) is 0 Å². The Labute approximate surface area is 160 Å². The van der Waals surface area contributed by atoms with Crippen molar-refractivity contribution in [1.82, 2.24) is 15.2 Å². The summed E-state index contributed by atoms with van der Waals surface area (Å²) in [5, 5.41) is 4.10. The van der Waals surface area contributed by atoms with Gasteiger partial charge in [-0.2, -0.15) is 0 Å². The molecule has 1 saturated heterocycles. The van der Waals surface area contributed by atoms with E-state index in [0.717, 1.165) is 43.6 Å². The molecule has 2 aromatic rings. The molecule has 0 aliphatic carbocycles. The van der Waals surface area contributed by atoms with Gasteiger partial charge >= 0.3 is 0 Å². The summed E-state index contributed by atoms with van der Waals surface area (Å²) < 4.78 is 0. The molecule has 0 spiro atoms. The lowest BCUT2D eigenvalue weighted by Crippen LogP contribution is -2.42. The third-order valence-corrected chi connectivity index (χ3v) is 5.28. The van der Waals surface area contributed by atoms with Crippen molar-refractivity contribution in [3.8, 4) is 0 Å². The van der Waals surface area contributed by atoms with Crippen LogP contribution in [0.3, 0.4) is 0 Å². The maximum Gasteiger partial charge on any atom is 0.230 e. The molecular formula is C21H26ClN3O. The van der Waals surface area contributed by atoms with Crippen LogP contribution in [-0.2, 0) is 11.3 Å². The maximum atomic E-state index is 13.4. The summed E-state index contributed by atoms with van der Waals surface area (Å²) in [5.74, 6) is -0.0848. The highest BCUT2D eigenvalue weighted by atomic mass is 35.5. The lowest BCUT2D eigenvalue weighted by atomic mass is 9.97. The number of hydrogen-bond acceptors (Lipinski definition) is 3. The van der Waals surface area contributed by atoms with E-state index in [1.54, 1.807) is 6.20 Å². The van der Waals surface area contributed by atoms with Crippen molar-refractivity contribution in [2.24, 2.45) is 0 Å². The molecule has 3 rings (SSSR count). The van der Waals surface area contributed by atoms with Crippen LogP contribution in [0.15, 0.2) is 48.7 Å². The minimum absolute atomic E-state index is 0.143. The molecule has 26 heavy (non-hydrogen) atoms. The fourth-order valence-electron chi connectivity index (χ4n) is 3.53. The summed E-state index contributed by atoms with van der Waals surface area (Å²) in [6.07, 6.45) is 4.87. The van der Waals surface area contributed by atoms with Crippen molar-refractivity contribution >= 4 is 17.5 Å². The zero-order chi connectivity index (χ0) is 18.4. The van der Waals surface area contributed by atoms with Crippen molar-refractivity contribution in [3.63, 3.8) is 0 Å². The molecule has 1 aliphatic rings. The number of carbonyl (C=O) groups is 1. The highest BCUT2D eigenvalue weighted by Gasteiger charge is 2.29. The van der Waals surface area contributed by atoms with Gasteiger partial charge in [-0.1, -0.05) is 29.8 Å². The predicted molar refractivity (Wildman–Crippen MR) is 105 cm³/mol. The Morgan fingerprint density at radius 2 is 2.15 bits per heavy atom. The largest absolute Gasteiger partial charge is 0.333 e. The molecule has 138 valence electrons. The molecule has 0 radical (unpaired) electrons. The number of pyridine rings is 1. The van der Waals surface area contributed by atoms with E-state index in [2.05, 4.69) is 10.3 Å². The number of aromatic nitrogens is 1. The number of amides is 1. The highest BCUT2D eigenvalue weighted by molar-refractivity contribution is 6.30. The van der Waals surface area contributed by atoms with Gasteiger partial charge in [0.25, 0.3) is 0 Å². The Balaban J connectivity index is 1.84. The molecule has 1 amide bonds. The van der Waals surface area contributed by atoms with E-state index < -0.39 is 0 Å². The van der Waals surface area contributed by atoms with Crippen molar-refractivity contribution < 1.29 is 4.79 Å². The Morgan fingerprint density at radius 3 is 2.92 bits per heavy atom. The SMILES string of the molecule is CC(C(=O)N(Cc1ccccn1)C1CCCNCC1)c1cccc(Cl)c1. The lowest BCUT2D eigenvalue weighted by Gasteiger charge is -2.33. The molecule has 1 aromatic heterocycles. The second-order valence-corrected chi connectivity index (χ2v) is 7.34. The van der Waals surface area contributed by atoms with Gasteiger partial charge in [-0.05, 0) is 69.1 Å². The van der Waals surface area contributed by atoms with Crippen LogP contribution in [0.4, 0.5) is 0 Å². The van der Waals surface area contributed by atoms with Crippen LogP contribution < -0.4 is 5.32 Å². The van der Waals surface area contributed by atoms with Crippen LogP contribution in [0.1, 0.15) is 43.4 Å². The van der Waals surface area contributed by atoms with Gasteiger partial charge in [-0.25, -0.2) is 0 Å². The summed E-state index contributed by atoms with van der Waals surface area (Å²) in [6, 6.07) is 13.7. The zero-order valence-electron chi connectivity index (χ0n) is 15.2. The zero-order valence-corrected chi connectivity index (χ0v) is 16.0. The fraction of sp³-hybridized carbons (Fsp3) is 0.429. The molecule has 2 atom stereocenters. The molecule has 2 heterocycles. The fourth-order valence-corrected chi connectivity index (χ4v) is 3.73. The standard InChI is InChI=1S/C21H26ClN3O/c1-16(17-6-4-7-18(22)14-17)21(26)25(15-19-8-2-3-12-24-19)20-9-5-11-23-13-10-20/h2-4,6-8,12,14,16,20,23H,5,9-11,13,15H2,1H3. The first-order valence-corrected chi connectivity index (χ1v) is 9.69.